The van der Waals surface area contributed by atoms with Gasteiger partial charge in [0.25, 0.3) is 5.91 Å². The van der Waals surface area contributed by atoms with E-state index in [0.29, 0.717) is 12.0 Å². The second-order valence-corrected chi connectivity index (χ2v) is 7.31. The quantitative estimate of drug-likeness (QED) is 0.355. The van der Waals surface area contributed by atoms with Crippen LogP contribution in [-0.4, -0.2) is 17.1 Å². The zero-order valence-electron chi connectivity index (χ0n) is 16.1. The van der Waals surface area contributed by atoms with Crippen LogP contribution < -0.4 is 0 Å². The van der Waals surface area contributed by atoms with Crippen molar-refractivity contribution in [2.75, 3.05) is 6.67 Å². The van der Waals surface area contributed by atoms with Crippen LogP contribution in [0.2, 0.25) is 0 Å². The zero-order valence-corrected chi connectivity index (χ0v) is 16.1. The molecule has 0 aliphatic heterocycles. The number of carbonyl (C=O) groups excluding carboxylic acids is 1. The molecule has 1 heterocycles. The molecule has 2 nitrogen and oxygen atoms in total. The average molecular weight is 373 g/mol. The van der Waals surface area contributed by atoms with Crippen LogP contribution in [0, 0.1) is 6.92 Å². The van der Waals surface area contributed by atoms with Crippen molar-refractivity contribution in [1.29, 1.82) is 0 Å². The monoisotopic (exact) mass is 373 g/mol. The summed E-state index contributed by atoms with van der Waals surface area (Å²) in [5, 5.41) is 3.15. The number of aryl methyl sites for hydroxylation is 2. The number of hydrogen-bond acceptors (Lipinski definition) is 1. The van der Waals surface area contributed by atoms with E-state index in [1.807, 2.05) is 59.2 Å². The lowest BCUT2D eigenvalue weighted by Crippen LogP contribution is -2.15. The number of fused-ring (bicyclic) bond motifs is 2. The molecule has 4 rings (SSSR count). The fraction of sp³-hybridized carbons (Fsp3) is 0.240. The van der Waals surface area contributed by atoms with Gasteiger partial charge < -0.3 is 0 Å². The minimum absolute atomic E-state index is 0.00195. The van der Waals surface area contributed by atoms with E-state index in [2.05, 4.69) is 19.1 Å². The smallest absolute Gasteiger partial charge is 0.263 e. The van der Waals surface area contributed by atoms with Crippen molar-refractivity contribution in [2.24, 2.45) is 0 Å². The minimum Gasteiger partial charge on any atom is -0.280 e. The van der Waals surface area contributed by atoms with Crippen molar-refractivity contribution in [2.45, 2.75) is 32.6 Å². The van der Waals surface area contributed by atoms with E-state index in [4.69, 9.17) is 0 Å². The Hall–Kier alpha value is -2.94. The molecule has 0 atom stereocenters. The first-order chi connectivity index (χ1) is 13.7. The third kappa shape index (κ3) is 3.33. The predicted molar refractivity (Wildman–Crippen MR) is 114 cm³/mol. The highest BCUT2D eigenvalue weighted by Gasteiger charge is 2.19. The van der Waals surface area contributed by atoms with E-state index in [1.165, 1.54) is 0 Å². The van der Waals surface area contributed by atoms with E-state index >= 15 is 0 Å². The number of carbonyl (C=O) groups is 1. The van der Waals surface area contributed by atoms with Crippen LogP contribution in [0.1, 0.15) is 40.9 Å². The van der Waals surface area contributed by atoms with E-state index in [0.717, 1.165) is 52.2 Å². The van der Waals surface area contributed by atoms with Crippen molar-refractivity contribution in [3.8, 4) is 0 Å². The predicted octanol–water partition coefficient (Wildman–Crippen LogP) is 6.47. The summed E-state index contributed by atoms with van der Waals surface area (Å²) in [6.07, 6.45) is 3.06. The number of alkyl halides is 1. The fourth-order valence-corrected chi connectivity index (χ4v) is 3.97. The van der Waals surface area contributed by atoms with Crippen molar-refractivity contribution in [1.82, 2.24) is 4.57 Å². The molecule has 0 radical (unpaired) electrons. The Balaban J connectivity index is 1.82. The Morgan fingerprint density at radius 1 is 0.893 bits per heavy atom. The summed E-state index contributed by atoms with van der Waals surface area (Å²) in [5.74, 6) is -0.00195. The second kappa shape index (κ2) is 7.97. The first-order valence-corrected chi connectivity index (χ1v) is 9.89. The Morgan fingerprint density at radius 2 is 1.64 bits per heavy atom. The van der Waals surface area contributed by atoms with Crippen molar-refractivity contribution in [3.05, 3.63) is 83.6 Å². The molecule has 1 aromatic heterocycles. The molecule has 0 N–H and O–H groups in total. The standard InChI is InChI=1S/C25H24FNO/c1-18-14-15-23(22-12-6-5-11-21(18)22)25(28)27-20(10-3-2-8-16-26)17-19-9-4-7-13-24(19)27/h4-7,9,11-15,17H,2-3,8,10,16H2,1H3. The van der Waals surface area contributed by atoms with Gasteiger partial charge in [-0.1, -0.05) is 55.0 Å². The SMILES string of the molecule is Cc1ccc(C(=O)n2c(CCCCCF)cc3ccccc32)c2ccccc12. The number of benzene rings is 3. The topological polar surface area (TPSA) is 22.0 Å². The second-order valence-electron chi connectivity index (χ2n) is 7.31. The maximum absolute atomic E-state index is 13.7. The first-order valence-electron chi connectivity index (χ1n) is 9.89. The van der Waals surface area contributed by atoms with Crippen LogP contribution in [0.5, 0.6) is 0 Å². The highest BCUT2D eigenvalue weighted by molar-refractivity contribution is 6.11. The highest BCUT2D eigenvalue weighted by atomic mass is 19.1. The molecule has 0 saturated heterocycles. The van der Waals surface area contributed by atoms with E-state index < -0.39 is 0 Å². The number of nitrogens with zero attached hydrogens (tertiary/aromatic N) is 1. The van der Waals surface area contributed by atoms with Gasteiger partial charge in [-0.3, -0.25) is 13.8 Å². The van der Waals surface area contributed by atoms with Crippen molar-refractivity contribution in [3.63, 3.8) is 0 Å². The molecule has 4 aromatic rings. The molecule has 0 unspecified atom stereocenters. The lowest BCUT2D eigenvalue weighted by atomic mass is 9.99. The molecule has 0 amide bonds. The van der Waals surface area contributed by atoms with Gasteiger partial charge in [-0.25, -0.2) is 0 Å². The van der Waals surface area contributed by atoms with Crippen molar-refractivity contribution >= 4 is 27.6 Å². The van der Waals surface area contributed by atoms with Gasteiger partial charge in [-0.2, -0.15) is 0 Å². The van der Waals surface area contributed by atoms with Crippen LogP contribution in [0.4, 0.5) is 4.39 Å². The molecule has 0 saturated carbocycles. The van der Waals surface area contributed by atoms with Gasteiger partial charge in [-0.15, -0.1) is 0 Å². The molecule has 0 aliphatic rings. The molecule has 0 aliphatic carbocycles. The van der Waals surface area contributed by atoms with Crippen LogP contribution in [0.25, 0.3) is 21.7 Å². The van der Waals surface area contributed by atoms with Crippen LogP contribution in [0.3, 0.4) is 0 Å². The third-order valence-corrected chi connectivity index (χ3v) is 5.43. The van der Waals surface area contributed by atoms with Gasteiger partial charge in [0.2, 0.25) is 0 Å². The zero-order chi connectivity index (χ0) is 19.5. The normalized spacial score (nSPS) is 11.4. The number of rotatable bonds is 6. The highest BCUT2D eigenvalue weighted by Crippen LogP contribution is 2.27. The molecule has 28 heavy (non-hydrogen) atoms. The number of halogens is 1. The van der Waals surface area contributed by atoms with Crippen LogP contribution in [0.15, 0.2) is 66.7 Å². The van der Waals surface area contributed by atoms with Gasteiger partial charge in [0.1, 0.15) is 0 Å². The Bertz CT molecular complexity index is 1140. The third-order valence-electron chi connectivity index (χ3n) is 5.43. The summed E-state index contributed by atoms with van der Waals surface area (Å²) in [7, 11) is 0. The largest absolute Gasteiger partial charge is 0.280 e. The maximum atomic E-state index is 13.7. The molecule has 0 bridgehead atoms. The summed E-state index contributed by atoms with van der Waals surface area (Å²) in [6, 6.07) is 22.1. The van der Waals surface area contributed by atoms with Gasteiger partial charge >= 0.3 is 0 Å². The first kappa shape index (κ1) is 18.4. The molecule has 3 heteroatoms. The van der Waals surface area contributed by atoms with E-state index in [1.54, 1.807) is 0 Å². The molecular weight excluding hydrogens is 349 g/mol. The number of unbranched alkanes of at least 4 members (excludes halogenated alkanes) is 2. The van der Waals surface area contributed by atoms with E-state index in [9.17, 15) is 9.18 Å². The maximum Gasteiger partial charge on any atom is 0.263 e. The summed E-state index contributed by atoms with van der Waals surface area (Å²) in [5.41, 5.74) is 3.80. The summed E-state index contributed by atoms with van der Waals surface area (Å²) in [6.45, 7) is 1.79. The lowest BCUT2D eigenvalue weighted by molar-refractivity contribution is 0.0963. The molecule has 0 spiro atoms. The van der Waals surface area contributed by atoms with Gasteiger partial charge in [-0.05, 0) is 60.7 Å². The van der Waals surface area contributed by atoms with E-state index in [-0.39, 0.29) is 12.6 Å². The summed E-state index contributed by atoms with van der Waals surface area (Å²) >= 11 is 0. The molecular formula is C25H24FNO. The number of para-hydroxylation sites is 1. The molecule has 0 fully saturated rings. The van der Waals surface area contributed by atoms with Crippen LogP contribution in [-0.2, 0) is 6.42 Å². The Morgan fingerprint density at radius 3 is 2.46 bits per heavy atom. The molecule has 142 valence electrons. The Labute approximate surface area is 164 Å². The average Bonchev–Trinajstić information content (AvgIpc) is 3.09. The molecule has 3 aromatic carbocycles. The minimum atomic E-state index is -0.280. The summed E-state index contributed by atoms with van der Waals surface area (Å²) in [4.78, 5) is 13.7. The van der Waals surface area contributed by atoms with Gasteiger partial charge in [0.15, 0.2) is 0 Å². The Kier molecular flexibility index (Phi) is 5.25. The fourth-order valence-electron chi connectivity index (χ4n) is 3.97. The van der Waals surface area contributed by atoms with Crippen molar-refractivity contribution < 1.29 is 9.18 Å². The van der Waals surface area contributed by atoms with Crippen LogP contribution >= 0.6 is 0 Å². The number of hydrogen-bond donors (Lipinski definition) is 0. The van der Waals surface area contributed by atoms with Gasteiger partial charge in [0, 0.05) is 16.6 Å². The van der Waals surface area contributed by atoms with Gasteiger partial charge in [0.05, 0.1) is 12.2 Å². The number of aromatic nitrogens is 1. The lowest BCUT2D eigenvalue weighted by Gasteiger charge is -2.13. The summed E-state index contributed by atoms with van der Waals surface area (Å²) < 4.78 is 14.3.